The molecule has 1 fully saturated rings. The van der Waals surface area contributed by atoms with Gasteiger partial charge in [-0.15, -0.1) is 0 Å². The molecule has 2 aliphatic rings. The van der Waals surface area contributed by atoms with Crippen LogP contribution in [0.4, 0.5) is 0 Å². The van der Waals surface area contributed by atoms with Crippen LogP contribution in [0.2, 0.25) is 0 Å². The molecule has 2 atom stereocenters. The van der Waals surface area contributed by atoms with E-state index in [0.29, 0.717) is 19.2 Å². The highest BCUT2D eigenvalue weighted by molar-refractivity contribution is 5.79. The van der Waals surface area contributed by atoms with E-state index in [9.17, 15) is 4.79 Å². The van der Waals surface area contributed by atoms with Crippen LogP contribution in [0.1, 0.15) is 36.4 Å². The van der Waals surface area contributed by atoms with Gasteiger partial charge in [0.2, 0.25) is 5.91 Å². The summed E-state index contributed by atoms with van der Waals surface area (Å²) in [5.74, 6) is -0.350. The summed E-state index contributed by atoms with van der Waals surface area (Å²) in [6, 6.07) is 9.11. The number of carbonyl (C=O) groups excluding carboxylic acids is 1. The number of hydrogen-bond donors (Lipinski definition) is 1. The molecule has 0 aromatic heterocycles. The minimum absolute atomic E-state index is 0.350. The second-order valence-corrected chi connectivity index (χ2v) is 5.72. The molecule has 0 radical (unpaired) electrons. The maximum absolute atomic E-state index is 11.4. The number of aryl methyl sites for hydroxylation is 1. The Bertz CT molecular complexity index is 489. The van der Waals surface area contributed by atoms with Gasteiger partial charge in [-0.2, -0.15) is 0 Å². The number of hydrogen-bond acceptors (Lipinski definition) is 3. The molecule has 1 aromatic carbocycles. The van der Waals surface area contributed by atoms with E-state index in [0.717, 1.165) is 19.4 Å². The predicted octanol–water partition coefficient (Wildman–Crippen LogP) is 1.64. The summed E-state index contributed by atoms with van der Waals surface area (Å²) >= 11 is 0. The lowest BCUT2D eigenvalue weighted by atomic mass is 9.97. The minimum atomic E-state index is -0.459. The third kappa shape index (κ3) is 2.72. The summed E-state index contributed by atoms with van der Waals surface area (Å²) in [7, 11) is 0. The molecule has 4 nitrogen and oxygen atoms in total. The number of rotatable bonds is 2. The number of benzene rings is 1. The van der Waals surface area contributed by atoms with Crippen molar-refractivity contribution in [3.05, 3.63) is 35.4 Å². The molecule has 20 heavy (non-hydrogen) atoms. The number of nitrogens with two attached hydrogens (primary N) is 1. The molecule has 108 valence electrons. The lowest BCUT2D eigenvalue weighted by Crippen LogP contribution is -2.49. The van der Waals surface area contributed by atoms with Gasteiger partial charge in [-0.25, -0.2) is 0 Å². The van der Waals surface area contributed by atoms with Crippen LogP contribution >= 0.6 is 0 Å². The van der Waals surface area contributed by atoms with E-state index in [1.54, 1.807) is 0 Å². The molecular formula is C16H22N2O2. The highest BCUT2D eigenvalue weighted by Crippen LogP contribution is 2.34. The van der Waals surface area contributed by atoms with Gasteiger partial charge in [0, 0.05) is 19.1 Å². The number of morpholine rings is 1. The van der Waals surface area contributed by atoms with Crippen molar-refractivity contribution in [3.8, 4) is 0 Å². The fourth-order valence-electron chi connectivity index (χ4n) is 3.40. The van der Waals surface area contributed by atoms with Crippen LogP contribution in [-0.4, -0.2) is 36.6 Å². The maximum Gasteiger partial charge on any atom is 0.247 e. The summed E-state index contributed by atoms with van der Waals surface area (Å²) in [6.07, 6.45) is 4.34. The largest absolute Gasteiger partial charge is 0.367 e. The molecule has 1 heterocycles. The first-order chi connectivity index (χ1) is 9.75. The fourth-order valence-corrected chi connectivity index (χ4v) is 3.40. The molecular weight excluding hydrogens is 252 g/mol. The van der Waals surface area contributed by atoms with Gasteiger partial charge in [-0.1, -0.05) is 30.7 Å². The summed E-state index contributed by atoms with van der Waals surface area (Å²) in [5.41, 5.74) is 8.28. The molecule has 2 N–H and O–H groups in total. The molecule has 1 saturated heterocycles. The fraction of sp³-hybridized carbons (Fsp3) is 0.562. The second-order valence-electron chi connectivity index (χ2n) is 5.72. The lowest BCUT2D eigenvalue weighted by Gasteiger charge is -2.37. The van der Waals surface area contributed by atoms with Crippen LogP contribution in [0.3, 0.4) is 0 Å². The first-order valence-corrected chi connectivity index (χ1v) is 7.48. The Morgan fingerprint density at radius 3 is 3.00 bits per heavy atom. The van der Waals surface area contributed by atoms with E-state index in [4.69, 9.17) is 10.5 Å². The van der Waals surface area contributed by atoms with Crippen molar-refractivity contribution < 1.29 is 9.53 Å². The molecule has 1 aromatic rings. The zero-order valence-electron chi connectivity index (χ0n) is 11.8. The van der Waals surface area contributed by atoms with Crippen LogP contribution in [-0.2, 0) is 16.0 Å². The Balaban J connectivity index is 1.84. The van der Waals surface area contributed by atoms with Gasteiger partial charge in [-0.3, -0.25) is 9.69 Å². The number of fused-ring (bicyclic) bond motifs is 1. The van der Waals surface area contributed by atoms with Crippen molar-refractivity contribution in [2.45, 2.75) is 37.8 Å². The molecule has 1 aliphatic heterocycles. The number of nitrogens with zero attached hydrogens (tertiary/aromatic N) is 1. The smallest absolute Gasteiger partial charge is 0.247 e. The van der Waals surface area contributed by atoms with Gasteiger partial charge in [0.05, 0.1) is 6.61 Å². The Labute approximate surface area is 119 Å². The third-order valence-electron chi connectivity index (χ3n) is 4.44. The Morgan fingerprint density at radius 2 is 2.15 bits per heavy atom. The van der Waals surface area contributed by atoms with Crippen molar-refractivity contribution in [2.75, 3.05) is 19.7 Å². The van der Waals surface area contributed by atoms with E-state index >= 15 is 0 Å². The van der Waals surface area contributed by atoms with Gasteiger partial charge in [0.25, 0.3) is 0 Å². The van der Waals surface area contributed by atoms with Gasteiger partial charge >= 0.3 is 0 Å². The quantitative estimate of drug-likeness (QED) is 0.834. The Kier molecular flexibility index (Phi) is 4.03. The van der Waals surface area contributed by atoms with Crippen LogP contribution in [0, 0.1) is 0 Å². The summed E-state index contributed by atoms with van der Waals surface area (Å²) in [5, 5.41) is 0. The van der Waals surface area contributed by atoms with E-state index in [1.165, 1.54) is 24.0 Å². The van der Waals surface area contributed by atoms with Crippen molar-refractivity contribution >= 4 is 5.91 Å². The number of carbonyl (C=O) groups is 1. The highest BCUT2D eigenvalue weighted by atomic mass is 16.5. The monoisotopic (exact) mass is 274 g/mol. The second kappa shape index (κ2) is 5.94. The van der Waals surface area contributed by atoms with Crippen molar-refractivity contribution in [3.63, 3.8) is 0 Å². The van der Waals surface area contributed by atoms with Crippen LogP contribution in [0.15, 0.2) is 24.3 Å². The van der Waals surface area contributed by atoms with E-state index in [-0.39, 0.29) is 5.91 Å². The Morgan fingerprint density at radius 1 is 1.30 bits per heavy atom. The maximum atomic E-state index is 11.4. The lowest BCUT2D eigenvalue weighted by molar-refractivity contribution is -0.136. The first kappa shape index (κ1) is 13.6. The highest BCUT2D eigenvalue weighted by Gasteiger charge is 2.31. The van der Waals surface area contributed by atoms with Gasteiger partial charge in [0.15, 0.2) is 0 Å². The molecule has 3 rings (SSSR count). The molecule has 1 amide bonds. The Hall–Kier alpha value is -1.39. The van der Waals surface area contributed by atoms with Gasteiger partial charge in [0.1, 0.15) is 6.10 Å². The van der Waals surface area contributed by atoms with Crippen LogP contribution < -0.4 is 5.73 Å². The average Bonchev–Trinajstić information content (AvgIpc) is 2.69. The zero-order chi connectivity index (χ0) is 13.9. The summed E-state index contributed by atoms with van der Waals surface area (Å²) in [6.45, 7) is 2.09. The van der Waals surface area contributed by atoms with Crippen molar-refractivity contribution in [1.29, 1.82) is 0 Å². The van der Waals surface area contributed by atoms with Crippen LogP contribution in [0.25, 0.3) is 0 Å². The molecule has 1 aliphatic carbocycles. The van der Waals surface area contributed by atoms with Crippen LogP contribution in [0.5, 0.6) is 0 Å². The summed E-state index contributed by atoms with van der Waals surface area (Å²) < 4.78 is 5.46. The van der Waals surface area contributed by atoms with E-state index in [1.807, 2.05) is 0 Å². The minimum Gasteiger partial charge on any atom is -0.367 e. The molecule has 2 unspecified atom stereocenters. The van der Waals surface area contributed by atoms with Gasteiger partial charge < -0.3 is 10.5 Å². The number of ether oxygens (including phenoxy) is 1. The number of primary amides is 1. The molecule has 0 bridgehead atoms. The van der Waals surface area contributed by atoms with E-state index in [2.05, 4.69) is 29.2 Å². The SMILES string of the molecule is NC(=O)C1CN(C2CCCCc3ccccc32)CCO1. The average molecular weight is 274 g/mol. The normalized spacial score (nSPS) is 27.6. The zero-order valence-corrected chi connectivity index (χ0v) is 11.8. The third-order valence-corrected chi connectivity index (χ3v) is 4.44. The van der Waals surface area contributed by atoms with Crippen molar-refractivity contribution in [2.24, 2.45) is 5.73 Å². The van der Waals surface area contributed by atoms with Crippen molar-refractivity contribution in [1.82, 2.24) is 4.90 Å². The van der Waals surface area contributed by atoms with E-state index < -0.39 is 6.10 Å². The molecule has 0 spiro atoms. The molecule has 0 saturated carbocycles. The standard InChI is InChI=1S/C16H22N2O2/c17-16(19)15-11-18(9-10-20-15)14-8-4-2-6-12-5-1-3-7-13(12)14/h1,3,5,7,14-15H,2,4,6,8-11H2,(H2,17,19). The van der Waals surface area contributed by atoms with Gasteiger partial charge in [-0.05, 0) is 30.4 Å². The summed E-state index contributed by atoms with van der Waals surface area (Å²) in [4.78, 5) is 13.7. The first-order valence-electron chi connectivity index (χ1n) is 7.48. The predicted molar refractivity (Wildman–Crippen MR) is 77.2 cm³/mol. The topological polar surface area (TPSA) is 55.6 Å². The number of amides is 1. The molecule has 4 heteroatoms.